The number of hydrogen-bond donors (Lipinski definition) is 1. The first-order valence-corrected chi connectivity index (χ1v) is 8.05. The first-order valence-electron chi connectivity index (χ1n) is 8.05. The topological polar surface area (TPSA) is 90.9 Å². The summed E-state index contributed by atoms with van der Waals surface area (Å²) in [6.07, 6.45) is 0.688. The molecule has 0 saturated carbocycles. The van der Waals surface area contributed by atoms with Crippen LogP contribution in [0.5, 0.6) is 0 Å². The number of carbonyl (C=O) groups excluding carboxylic acids is 3. The Hall–Kier alpha value is -2.41. The Labute approximate surface area is 147 Å². The maximum atomic E-state index is 12.0. The molecule has 0 aliphatic rings. The standard InChI is InChI=1S/C18H25NO6/c1-5-12(2)16(18(22)24-4)19-15(20)11-25-17(21)14-8-6-13(7-9-14)10-23-3/h6-9,12,16H,5,10-11H2,1-4H3,(H,19,20). The summed E-state index contributed by atoms with van der Waals surface area (Å²) in [6, 6.07) is 5.93. The number of nitrogens with one attached hydrogen (secondary N) is 1. The van der Waals surface area contributed by atoms with Crippen molar-refractivity contribution in [3.63, 3.8) is 0 Å². The van der Waals surface area contributed by atoms with Crippen LogP contribution in [0, 0.1) is 5.92 Å². The Balaban J connectivity index is 2.56. The summed E-state index contributed by atoms with van der Waals surface area (Å²) in [5.41, 5.74) is 1.25. The zero-order chi connectivity index (χ0) is 18.8. The summed E-state index contributed by atoms with van der Waals surface area (Å²) in [4.78, 5) is 35.7. The maximum absolute atomic E-state index is 12.0. The Morgan fingerprint density at radius 2 is 1.76 bits per heavy atom. The smallest absolute Gasteiger partial charge is 0.338 e. The molecule has 1 amide bonds. The molecule has 138 valence electrons. The molecular formula is C18H25NO6. The van der Waals surface area contributed by atoms with E-state index in [0.717, 1.165) is 5.56 Å². The van der Waals surface area contributed by atoms with Crippen molar-refractivity contribution in [1.29, 1.82) is 0 Å². The lowest BCUT2D eigenvalue weighted by Gasteiger charge is -2.21. The summed E-state index contributed by atoms with van der Waals surface area (Å²) in [7, 11) is 2.85. The molecule has 0 fully saturated rings. The molecule has 1 rings (SSSR count). The average Bonchev–Trinajstić information content (AvgIpc) is 2.63. The van der Waals surface area contributed by atoms with Crippen LogP contribution in [0.4, 0.5) is 0 Å². The fraction of sp³-hybridized carbons (Fsp3) is 0.500. The fourth-order valence-corrected chi connectivity index (χ4v) is 2.13. The highest BCUT2D eigenvalue weighted by Gasteiger charge is 2.27. The van der Waals surface area contributed by atoms with Crippen LogP contribution in [0.2, 0.25) is 0 Å². The van der Waals surface area contributed by atoms with Gasteiger partial charge in [-0.1, -0.05) is 32.4 Å². The molecule has 1 N–H and O–H groups in total. The Morgan fingerprint density at radius 1 is 1.12 bits per heavy atom. The van der Waals surface area contributed by atoms with Crippen LogP contribution in [0.3, 0.4) is 0 Å². The summed E-state index contributed by atoms with van der Waals surface area (Å²) in [5.74, 6) is -1.79. The highest BCUT2D eigenvalue weighted by Crippen LogP contribution is 2.10. The third-order valence-corrected chi connectivity index (χ3v) is 3.82. The summed E-state index contributed by atoms with van der Waals surface area (Å²) in [6.45, 7) is 3.71. The molecule has 0 aliphatic carbocycles. The van der Waals surface area contributed by atoms with E-state index >= 15 is 0 Å². The Kier molecular flexibility index (Phi) is 8.63. The van der Waals surface area contributed by atoms with Crippen molar-refractivity contribution in [2.45, 2.75) is 32.9 Å². The van der Waals surface area contributed by atoms with Crippen molar-refractivity contribution in [2.75, 3.05) is 20.8 Å². The lowest BCUT2D eigenvalue weighted by atomic mass is 9.99. The first-order chi connectivity index (χ1) is 11.9. The minimum Gasteiger partial charge on any atom is -0.467 e. The van der Waals surface area contributed by atoms with Gasteiger partial charge in [-0.25, -0.2) is 9.59 Å². The third kappa shape index (κ3) is 6.54. The second-order valence-electron chi connectivity index (χ2n) is 5.66. The molecule has 7 nitrogen and oxygen atoms in total. The average molecular weight is 351 g/mol. The van der Waals surface area contributed by atoms with Crippen molar-refractivity contribution in [2.24, 2.45) is 5.92 Å². The van der Waals surface area contributed by atoms with Crippen LogP contribution in [0.1, 0.15) is 36.2 Å². The van der Waals surface area contributed by atoms with E-state index in [1.165, 1.54) is 7.11 Å². The van der Waals surface area contributed by atoms with E-state index in [9.17, 15) is 14.4 Å². The summed E-state index contributed by atoms with van der Waals surface area (Å²) >= 11 is 0. The van der Waals surface area contributed by atoms with Crippen LogP contribution < -0.4 is 5.32 Å². The molecule has 2 atom stereocenters. The van der Waals surface area contributed by atoms with E-state index < -0.39 is 30.5 Å². The predicted molar refractivity (Wildman–Crippen MR) is 90.8 cm³/mol. The van der Waals surface area contributed by atoms with Gasteiger partial charge in [0, 0.05) is 7.11 Å². The van der Waals surface area contributed by atoms with Crippen molar-refractivity contribution < 1.29 is 28.6 Å². The van der Waals surface area contributed by atoms with Crippen molar-refractivity contribution in [1.82, 2.24) is 5.32 Å². The van der Waals surface area contributed by atoms with Gasteiger partial charge < -0.3 is 19.5 Å². The van der Waals surface area contributed by atoms with Gasteiger partial charge in [0.2, 0.25) is 0 Å². The first kappa shape index (κ1) is 20.6. The second kappa shape index (κ2) is 10.5. The number of carbonyl (C=O) groups is 3. The van der Waals surface area contributed by atoms with E-state index in [2.05, 4.69) is 5.32 Å². The number of methoxy groups -OCH3 is 2. The largest absolute Gasteiger partial charge is 0.467 e. The van der Waals surface area contributed by atoms with Gasteiger partial charge in [0.1, 0.15) is 6.04 Å². The molecule has 7 heteroatoms. The van der Waals surface area contributed by atoms with Gasteiger partial charge in [0.25, 0.3) is 5.91 Å². The lowest BCUT2D eigenvalue weighted by Crippen LogP contribution is -2.47. The van der Waals surface area contributed by atoms with E-state index in [-0.39, 0.29) is 5.92 Å². The van der Waals surface area contributed by atoms with Gasteiger partial charge in [0.15, 0.2) is 6.61 Å². The fourth-order valence-electron chi connectivity index (χ4n) is 2.13. The molecule has 0 bridgehead atoms. The molecule has 25 heavy (non-hydrogen) atoms. The molecule has 2 unspecified atom stereocenters. The highest BCUT2D eigenvalue weighted by molar-refractivity contribution is 5.92. The van der Waals surface area contributed by atoms with Crippen LogP contribution in [-0.4, -0.2) is 44.7 Å². The lowest BCUT2D eigenvalue weighted by molar-refractivity contribution is -0.147. The number of benzene rings is 1. The van der Waals surface area contributed by atoms with Crippen molar-refractivity contribution in [3.05, 3.63) is 35.4 Å². The van der Waals surface area contributed by atoms with Gasteiger partial charge in [-0.2, -0.15) is 0 Å². The molecule has 0 spiro atoms. The van der Waals surface area contributed by atoms with Gasteiger partial charge in [-0.3, -0.25) is 4.79 Å². The maximum Gasteiger partial charge on any atom is 0.338 e. The molecule has 0 aliphatic heterocycles. The Bertz CT molecular complexity index is 584. The minimum atomic E-state index is -0.769. The third-order valence-electron chi connectivity index (χ3n) is 3.82. The number of hydrogen-bond acceptors (Lipinski definition) is 6. The number of rotatable bonds is 9. The van der Waals surface area contributed by atoms with E-state index in [1.54, 1.807) is 31.4 Å². The molecule has 1 aromatic carbocycles. The zero-order valence-electron chi connectivity index (χ0n) is 15.0. The number of amides is 1. The zero-order valence-corrected chi connectivity index (χ0v) is 15.0. The van der Waals surface area contributed by atoms with Crippen LogP contribution in [0.25, 0.3) is 0 Å². The molecule has 0 heterocycles. The molecule has 0 saturated heterocycles. The minimum absolute atomic E-state index is 0.0968. The van der Waals surface area contributed by atoms with E-state index in [0.29, 0.717) is 18.6 Å². The second-order valence-corrected chi connectivity index (χ2v) is 5.66. The number of ether oxygens (including phenoxy) is 3. The van der Waals surface area contributed by atoms with Gasteiger partial charge in [0.05, 0.1) is 19.3 Å². The molecule has 0 aromatic heterocycles. The Morgan fingerprint density at radius 3 is 2.28 bits per heavy atom. The molecule has 1 aromatic rings. The van der Waals surface area contributed by atoms with E-state index in [4.69, 9.17) is 14.2 Å². The molecular weight excluding hydrogens is 326 g/mol. The van der Waals surface area contributed by atoms with E-state index in [1.807, 2.05) is 13.8 Å². The van der Waals surface area contributed by atoms with Crippen LogP contribution in [-0.2, 0) is 30.4 Å². The van der Waals surface area contributed by atoms with Gasteiger partial charge >= 0.3 is 11.9 Å². The van der Waals surface area contributed by atoms with Gasteiger partial charge in [-0.05, 0) is 23.6 Å². The summed E-state index contributed by atoms with van der Waals surface area (Å²) < 4.78 is 14.7. The van der Waals surface area contributed by atoms with Crippen molar-refractivity contribution >= 4 is 17.8 Å². The monoisotopic (exact) mass is 351 g/mol. The normalized spacial score (nSPS) is 12.8. The van der Waals surface area contributed by atoms with Gasteiger partial charge in [-0.15, -0.1) is 0 Å². The quantitative estimate of drug-likeness (QED) is 0.681. The predicted octanol–water partition coefficient (Wildman–Crippen LogP) is 1.69. The number of esters is 2. The summed E-state index contributed by atoms with van der Waals surface area (Å²) in [5, 5.41) is 2.54. The molecule has 0 radical (unpaired) electrons. The van der Waals surface area contributed by atoms with Crippen LogP contribution >= 0.6 is 0 Å². The highest BCUT2D eigenvalue weighted by atomic mass is 16.5. The van der Waals surface area contributed by atoms with Crippen molar-refractivity contribution in [3.8, 4) is 0 Å². The SMILES string of the molecule is CCC(C)C(NC(=O)COC(=O)c1ccc(COC)cc1)C(=O)OC. The van der Waals surface area contributed by atoms with Crippen LogP contribution in [0.15, 0.2) is 24.3 Å².